The summed E-state index contributed by atoms with van der Waals surface area (Å²) in [7, 11) is 0. The van der Waals surface area contributed by atoms with Gasteiger partial charge in [-0.15, -0.1) is 0 Å². The molecule has 0 aliphatic carbocycles. The molecule has 0 fully saturated rings. The van der Waals surface area contributed by atoms with Crippen LogP contribution in [0.15, 0.2) is 36.4 Å². The van der Waals surface area contributed by atoms with Crippen molar-refractivity contribution in [2.24, 2.45) is 0 Å². The second kappa shape index (κ2) is 6.38. The predicted molar refractivity (Wildman–Crippen MR) is 79.2 cm³/mol. The van der Waals surface area contributed by atoms with E-state index in [4.69, 9.17) is 23.2 Å². The number of nitrogens with one attached hydrogen (secondary N) is 1. The lowest BCUT2D eigenvalue weighted by atomic mass is 10.0. The topological polar surface area (TPSA) is 12.0 Å². The fraction of sp³-hybridized carbons (Fsp3) is 0.200. The summed E-state index contributed by atoms with van der Waals surface area (Å²) in [4.78, 5) is 0. The molecule has 0 bridgehead atoms. The van der Waals surface area contributed by atoms with Gasteiger partial charge in [-0.05, 0) is 36.4 Å². The second-order valence-corrected chi connectivity index (χ2v) is 5.06. The van der Waals surface area contributed by atoms with Gasteiger partial charge in [-0.2, -0.15) is 0 Å². The molecule has 0 heterocycles. The van der Waals surface area contributed by atoms with Gasteiger partial charge in [0.05, 0.1) is 0 Å². The van der Waals surface area contributed by atoms with E-state index in [0.717, 1.165) is 18.7 Å². The maximum atomic E-state index is 13.9. The highest BCUT2D eigenvalue weighted by Crippen LogP contribution is 2.31. The Morgan fingerprint density at radius 1 is 1.05 bits per heavy atom. The molecule has 4 heteroatoms. The number of hydrogen-bond acceptors (Lipinski definition) is 1. The van der Waals surface area contributed by atoms with E-state index >= 15 is 0 Å². The Labute approximate surface area is 122 Å². The minimum absolute atomic E-state index is 0.367. The zero-order valence-electron chi connectivity index (χ0n) is 10.5. The summed E-state index contributed by atoms with van der Waals surface area (Å²) in [5.41, 5.74) is 2.21. The van der Waals surface area contributed by atoms with Gasteiger partial charge in [0.1, 0.15) is 5.82 Å². The zero-order chi connectivity index (χ0) is 13.8. The fourth-order valence-electron chi connectivity index (χ4n) is 1.86. The molecule has 0 unspecified atom stereocenters. The number of halogens is 3. The highest BCUT2D eigenvalue weighted by molar-refractivity contribution is 6.33. The van der Waals surface area contributed by atoms with Gasteiger partial charge in [0.2, 0.25) is 0 Å². The third kappa shape index (κ3) is 3.47. The molecule has 19 heavy (non-hydrogen) atoms. The average Bonchev–Trinajstić information content (AvgIpc) is 2.37. The molecule has 0 aliphatic rings. The molecule has 0 saturated heterocycles. The van der Waals surface area contributed by atoms with Crippen LogP contribution in [0.25, 0.3) is 11.1 Å². The summed E-state index contributed by atoms with van der Waals surface area (Å²) in [5.74, 6) is -0.367. The lowest BCUT2D eigenvalue weighted by Gasteiger charge is -2.09. The van der Waals surface area contributed by atoms with Gasteiger partial charge in [0, 0.05) is 27.7 Å². The second-order valence-electron chi connectivity index (χ2n) is 4.22. The van der Waals surface area contributed by atoms with Crippen LogP contribution < -0.4 is 5.32 Å². The van der Waals surface area contributed by atoms with Crippen LogP contribution >= 0.6 is 23.2 Å². The van der Waals surface area contributed by atoms with Crippen molar-refractivity contribution in [2.45, 2.75) is 13.5 Å². The molecule has 0 amide bonds. The Morgan fingerprint density at radius 3 is 2.42 bits per heavy atom. The van der Waals surface area contributed by atoms with E-state index in [9.17, 15) is 4.39 Å². The minimum atomic E-state index is -0.367. The lowest BCUT2D eigenvalue weighted by molar-refractivity contribution is 0.631. The van der Waals surface area contributed by atoms with Gasteiger partial charge in [-0.1, -0.05) is 42.3 Å². The quantitative estimate of drug-likeness (QED) is 0.845. The van der Waals surface area contributed by atoms with Crippen LogP contribution in [0.4, 0.5) is 4.39 Å². The summed E-state index contributed by atoms with van der Waals surface area (Å²) in [6, 6.07) is 10.2. The van der Waals surface area contributed by atoms with E-state index in [-0.39, 0.29) is 5.82 Å². The van der Waals surface area contributed by atoms with Crippen LogP contribution in [0.5, 0.6) is 0 Å². The van der Waals surface area contributed by atoms with E-state index in [2.05, 4.69) is 5.32 Å². The molecule has 100 valence electrons. The molecule has 1 N–H and O–H groups in total. The Hall–Kier alpha value is -1.09. The SMILES string of the molecule is CCNCc1ccc(-c2ccc(Cl)cc2F)c(Cl)c1. The molecule has 2 aromatic carbocycles. The van der Waals surface area contributed by atoms with E-state index in [0.29, 0.717) is 21.2 Å². The minimum Gasteiger partial charge on any atom is -0.313 e. The highest BCUT2D eigenvalue weighted by atomic mass is 35.5. The first kappa shape index (κ1) is 14.3. The first-order chi connectivity index (χ1) is 9.11. The summed E-state index contributed by atoms with van der Waals surface area (Å²) >= 11 is 12.0. The number of rotatable bonds is 4. The number of hydrogen-bond donors (Lipinski definition) is 1. The van der Waals surface area contributed by atoms with Gasteiger partial charge in [0.25, 0.3) is 0 Å². The molecule has 0 spiro atoms. The molecule has 0 aromatic heterocycles. The van der Waals surface area contributed by atoms with Gasteiger partial charge in [-0.3, -0.25) is 0 Å². The van der Waals surface area contributed by atoms with Crippen LogP contribution in [0, 0.1) is 5.82 Å². The number of benzene rings is 2. The third-order valence-corrected chi connectivity index (χ3v) is 3.38. The normalized spacial score (nSPS) is 10.7. The van der Waals surface area contributed by atoms with Crippen molar-refractivity contribution < 1.29 is 4.39 Å². The Kier molecular flexibility index (Phi) is 4.81. The van der Waals surface area contributed by atoms with Crippen molar-refractivity contribution in [3.05, 3.63) is 57.8 Å². The van der Waals surface area contributed by atoms with Crippen molar-refractivity contribution in [1.82, 2.24) is 5.32 Å². The van der Waals surface area contributed by atoms with E-state index in [1.807, 2.05) is 25.1 Å². The standard InChI is InChI=1S/C15H14Cl2FN/c1-2-19-9-10-3-5-12(14(17)7-10)13-6-4-11(16)8-15(13)18/h3-8,19H,2,9H2,1H3. The molecule has 0 saturated carbocycles. The van der Waals surface area contributed by atoms with Crippen LogP contribution in [0.1, 0.15) is 12.5 Å². The first-order valence-electron chi connectivity index (χ1n) is 6.06. The van der Waals surface area contributed by atoms with E-state index in [1.54, 1.807) is 12.1 Å². The van der Waals surface area contributed by atoms with Crippen molar-refractivity contribution in [1.29, 1.82) is 0 Å². The smallest absolute Gasteiger partial charge is 0.132 e. The summed E-state index contributed by atoms with van der Waals surface area (Å²) in [6.45, 7) is 3.68. The Bertz CT molecular complexity index is 584. The molecule has 1 nitrogen and oxygen atoms in total. The highest BCUT2D eigenvalue weighted by Gasteiger charge is 2.10. The zero-order valence-corrected chi connectivity index (χ0v) is 12.0. The van der Waals surface area contributed by atoms with Crippen molar-refractivity contribution in [3.63, 3.8) is 0 Å². The molecule has 0 radical (unpaired) electrons. The van der Waals surface area contributed by atoms with E-state index < -0.39 is 0 Å². The van der Waals surface area contributed by atoms with Gasteiger partial charge >= 0.3 is 0 Å². The first-order valence-corrected chi connectivity index (χ1v) is 6.82. The Balaban J connectivity index is 2.35. The summed E-state index contributed by atoms with van der Waals surface area (Å²) in [6.07, 6.45) is 0. The van der Waals surface area contributed by atoms with Crippen molar-refractivity contribution in [2.75, 3.05) is 6.54 Å². The monoisotopic (exact) mass is 297 g/mol. The van der Waals surface area contributed by atoms with Gasteiger partial charge in [-0.25, -0.2) is 4.39 Å². The lowest BCUT2D eigenvalue weighted by Crippen LogP contribution is -2.11. The summed E-state index contributed by atoms with van der Waals surface area (Å²) in [5, 5.41) is 4.13. The largest absolute Gasteiger partial charge is 0.313 e. The van der Waals surface area contributed by atoms with E-state index in [1.165, 1.54) is 6.07 Å². The van der Waals surface area contributed by atoms with Crippen molar-refractivity contribution in [3.8, 4) is 11.1 Å². The molecule has 0 aliphatic heterocycles. The van der Waals surface area contributed by atoms with Crippen LogP contribution in [0.2, 0.25) is 10.0 Å². The molecular weight excluding hydrogens is 284 g/mol. The molecular formula is C15H14Cl2FN. The predicted octanol–water partition coefficient (Wildman–Crippen LogP) is 4.91. The maximum Gasteiger partial charge on any atom is 0.132 e. The molecule has 0 atom stereocenters. The molecule has 2 aromatic rings. The third-order valence-electron chi connectivity index (χ3n) is 2.83. The van der Waals surface area contributed by atoms with Crippen LogP contribution in [0.3, 0.4) is 0 Å². The average molecular weight is 298 g/mol. The van der Waals surface area contributed by atoms with Gasteiger partial charge < -0.3 is 5.32 Å². The van der Waals surface area contributed by atoms with Crippen molar-refractivity contribution >= 4 is 23.2 Å². The maximum absolute atomic E-state index is 13.9. The molecule has 2 rings (SSSR count). The fourth-order valence-corrected chi connectivity index (χ4v) is 2.33. The Morgan fingerprint density at radius 2 is 1.79 bits per heavy atom. The van der Waals surface area contributed by atoms with Crippen LogP contribution in [-0.4, -0.2) is 6.54 Å². The summed E-state index contributed by atoms with van der Waals surface area (Å²) < 4.78 is 13.9. The van der Waals surface area contributed by atoms with Crippen LogP contribution in [-0.2, 0) is 6.54 Å². The van der Waals surface area contributed by atoms with Gasteiger partial charge in [0.15, 0.2) is 0 Å².